The molecule has 25 heavy (non-hydrogen) atoms. The van der Waals surface area contributed by atoms with Crippen LogP contribution in [0.25, 0.3) is 21.6 Å². The molecule has 6 nitrogen and oxygen atoms in total. The van der Waals surface area contributed by atoms with E-state index in [1.807, 2.05) is 24.3 Å². The van der Waals surface area contributed by atoms with Crippen molar-refractivity contribution in [1.29, 1.82) is 0 Å². The van der Waals surface area contributed by atoms with E-state index in [4.69, 9.17) is 0 Å². The number of anilines is 1. The third kappa shape index (κ3) is 2.60. The number of nitrogens with zero attached hydrogens (tertiary/aromatic N) is 4. The summed E-state index contributed by atoms with van der Waals surface area (Å²) in [5, 5.41) is 3.63. The highest BCUT2D eigenvalue weighted by Crippen LogP contribution is 2.51. The second-order valence-corrected chi connectivity index (χ2v) is 7.82. The lowest BCUT2D eigenvalue weighted by atomic mass is 10.2. The van der Waals surface area contributed by atoms with Crippen LogP contribution >= 0.6 is 11.3 Å². The number of amides is 1. The summed E-state index contributed by atoms with van der Waals surface area (Å²) in [4.78, 5) is 28.8. The highest BCUT2D eigenvalue weighted by atomic mass is 32.1. The fourth-order valence-corrected chi connectivity index (χ4v) is 4.71. The normalized spacial score (nSPS) is 25.1. The van der Waals surface area contributed by atoms with Crippen molar-refractivity contribution in [3.8, 4) is 11.3 Å². The first-order chi connectivity index (χ1) is 12.2. The third-order valence-electron chi connectivity index (χ3n) is 5.14. The Labute approximate surface area is 148 Å². The van der Waals surface area contributed by atoms with Gasteiger partial charge in [0.2, 0.25) is 5.91 Å². The van der Waals surface area contributed by atoms with Crippen molar-refractivity contribution < 1.29 is 4.79 Å². The average molecular weight is 351 g/mol. The van der Waals surface area contributed by atoms with Crippen LogP contribution < -0.4 is 5.32 Å². The Kier molecular flexibility index (Phi) is 3.33. The van der Waals surface area contributed by atoms with E-state index in [2.05, 4.69) is 32.2 Å². The quantitative estimate of drug-likeness (QED) is 0.785. The molecule has 1 aliphatic heterocycles. The molecule has 1 N–H and O–H groups in total. The van der Waals surface area contributed by atoms with Gasteiger partial charge < -0.3 is 10.2 Å². The van der Waals surface area contributed by atoms with Crippen molar-refractivity contribution >= 4 is 32.7 Å². The SMILES string of the molecule is CN1CC2C(C(=O)Nc3nc4ccc(-c5ccncc5)nc4s3)[C@H]2C1. The number of hydrogen-bond acceptors (Lipinski definition) is 6. The zero-order valence-corrected chi connectivity index (χ0v) is 14.5. The number of likely N-dealkylation sites (tertiary alicyclic amines) is 1. The highest BCUT2D eigenvalue weighted by molar-refractivity contribution is 7.22. The topological polar surface area (TPSA) is 71.0 Å². The Morgan fingerprint density at radius 1 is 1.16 bits per heavy atom. The fraction of sp³-hybridized carbons (Fsp3) is 0.333. The van der Waals surface area contributed by atoms with E-state index in [-0.39, 0.29) is 11.8 Å². The molecular formula is C18H17N5OS. The van der Waals surface area contributed by atoms with Crippen molar-refractivity contribution in [1.82, 2.24) is 19.9 Å². The Bertz CT molecular complexity index is 945. The molecule has 126 valence electrons. The van der Waals surface area contributed by atoms with Crippen LogP contribution in [0.3, 0.4) is 0 Å². The second kappa shape index (κ2) is 5.57. The molecule has 5 rings (SSSR count). The van der Waals surface area contributed by atoms with Crippen molar-refractivity contribution in [2.45, 2.75) is 0 Å². The van der Waals surface area contributed by atoms with Gasteiger partial charge in [-0.2, -0.15) is 0 Å². The molecule has 3 aromatic heterocycles. The standard InChI is InChI=1S/C18H17N5OS/c1-23-8-11-12(9-23)15(11)16(24)22-18-21-14-3-2-13(20-17(14)25-18)10-4-6-19-7-5-10/h2-7,11-12,15H,8-9H2,1H3,(H,21,22,24)/t11-,12?,15?/m0/s1. The van der Waals surface area contributed by atoms with Gasteiger partial charge >= 0.3 is 0 Å². The summed E-state index contributed by atoms with van der Waals surface area (Å²) >= 11 is 1.43. The monoisotopic (exact) mass is 351 g/mol. The maximum Gasteiger partial charge on any atom is 0.229 e. The molecule has 0 bridgehead atoms. The molecule has 2 aliphatic rings. The summed E-state index contributed by atoms with van der Waals surface area (Å²) in [7, 11) is 2.11. The number of nitrogens with one attached hydrogen (secondary N) is 1. The van der Waals surface area contributed by atoms with Crippen LogP contribution in [0, 0.1) is 17.8 Å². The highest BCUT2D eigenvalue weighted by Gasteiger charge is 2.58. The van der Waals surface area contributed by atoms with Gasteiger partial charge in [0, 0.05) is 37.0 Å². The number of fused-ring (bicyclic) bond motifs is 2. The summed E-state index contributed by atoms with van der Waals surface area (Å²) < 4.78 is 0. The molecule has 3 aromatic rings. The molecule has 4 heterocycles. The summed E-state index contributed by atoms with van der Waals surface area (Å²) in [6, 6.07) is 7.76. The van der Waals surface area contributed by atoms with E-state index < -0.39 is 0 Å². The fourth-order valence-electron chi connectivity index (χ4n) is 3.87. The van der Waals surface area contributed by atoms with Crippen LogP contribution in [0.2, 0.25) is 0 Å². The maximum absolute atomic E-state index is 12.5. The molecule has 7 heteroatoms. The van der Waals surface area contributed by atoms with E-state index in [9.17, 15) is 4.79 Å². The van der Waals surface area contributed by atoms with Crippen molar-refractivity contribution in [2.75, 3.05) is 25.5 Å². The van der Waals surface area contributed by atoms with Crippen LogP contribution in [0.1, 0.15) is 0 Å². The molecule has 1 saturated carbocycles. The molecular weight excluding hydrogens is 334 g/mol. The van der Waals surface area contributed by atoms with Gasteiger partial charge in [0.05, 0.1) is 5.69 Å². The van der Waals surface area contributed by atoms with Crippen molar-refractivity contribution in [2.24, 2.45) is 17.8 Å². The maximum atomic E-state index is 12.5. The van der Waals surface area contributed by atoms with E-state index in [0.29, 0.717) is 17.0 Å². The first kappa shape index (κ1) is 14.9. The first-order valence-electron chi connectivity index (χ1n) is 8.36. The minimum atomic E-state index is 0.108. The number of thiazole rings is 1. The van der Waals surface area contributed by atoms with E-state index in [1.54, 1.807) is 12.4 Å². The van der Waals surface area contributed by atoms with Gasteiger partial charge in [-0.15, -0.1) is 0 Å². The predicted molar refractivity (Wildman–Crippen MR) is 97.2 cm³/mol. The Morgan fingerprint density at radius 2 is 1.92 bits per heavy atom. The van der Waals surface area contributed by atoms with Crippen LogP contribution in [0.15, 0.2) is 36.7 Å². The van der Waals surface area contributed by atoms with Gasteiger partial charge in [-0.25, -0.2) is 9.97 Å². The smallest absolute Gasteiger partial charge is 0.229 e. The largest absolute Gasteiger partial charge is 0.306 e. The van der Waals surface area contributed by atoms with Crippen LogP contribution in [-0.2, 0) is 4.79 Å². The number of pyridine rings is 2. The molecule has 3 atom stereocenters. The molecule has 1 aliphatic carbocycles. The molecule has 0 spiro atoms. The van der Waals surface area contributed by atoms with Gasteiger partial charge in [0.15, 0.2) is 5.13 Å². The summed E-state index contributed by atoms with van der Waals surface area (Å²) in [5.41, 5.74) is 2.72. The van der Waals surface area contributed by atoms with Crippen molar-refractivity contribution in [3.05, 3.63) is 36.7 Å². The lowest BCUT2D eigenvalue weighted by molar-refractivity contribution is -0.118. The number of hydrogen-bond donors (Lipinski definition) is 1. The summed E-state index contributed by atoms with van der Waals surface area (Å²) in [6.07, 6.45) is 3.51. The third-order valence-corrected chi connectivity index (χ3v) is 6.02. The number of aromatic nitrogens is 3. The second-order valence-electron chi connectivity index (χ2n) is 6.84. The summed E-state index contributed by atoms with van der Waals surface area (Å²) in [6.45, 7) is 2.05. The van der Waals surface area contributed by atoms with E-state index in [0.717, 1.165) is 34.7 Å². The van der Waals surface area contributed by atoms with E-state index >= 15 is 0 Å². The van der Waals surface area contributed by atoms with Crippen LogP contribution in [0.4, 0.5) is 5.13 Å². The Hall–Kier alpha value is -2.38. The zero-order valence-electron chi connectivity index (χ0n) is 13.7. The zero-order chi connectivity index (χ0) is 17.0. The van der Waals surface area contributed by atoms with E-state index in [1.165, 1.54) is 11.3 Å². The number of carbonyl (C=O) groups is 1. The minimum Gasteiger partial charge on any atom is -0.306 e. The molecule has 2 unspecified atom stereocenters. The molecule has 0 radical (unpaired) electrons. The Balaban J connectivity index is 1.36. The van der Waals surface area contributed by atoms with Gasteiger partial charge in [0.25, 0.3) is 0 Å². The van der Waals surface area contributed by atoms with Gasteiger partial charge in [-0.1, -0.05) is 11.3 Å². The van der Waals surface area contributed by atoms with Crippen LogP contribution in [-0.4, -0.2) is 45.9 Å². The molecule has 2 fully saturated rings. The average Bonchev–Trinajstić information content (AvgIpc) is 2.95. The lowest BCUT2D eigenvalue weighted by Gasteiger charge is -2.12. The lowest BCUT2D eigenvalue weighted by Crippen LogP contribution is -2.25. The van der Waals surface area contributed by atoms with Crippen molar-refractivity contribution in [3.63, 3.8) is 0 Å². The van der Waals surface area contributed by atoms with Gasteiger partial charge in [-0.3, -0.25) is 9.78 Å². The van der Waals surface area contributed by atoms with Gasteiger partial charge in [-0.05, 0) is 43.1 Å². The van der Waals surface area contributed by atoms with Gasteiger partial charge in [0.1, 0.15) is 10.3 Å². The molecule has 1 saturated heterocycles. The number of carbonyl (C=O) groups excluding carboxylic acids is 1. The Morgan fingerprint density at radius 3 is 2.68 bits per heavy atom. The first-order valence-corrected chi connectivity index (χ1v) is 9.18. The number of rotatable bonds is 3. The predicted octanol–water partition coefficient (Wildman–Crippen LogP) is 2.50. The van der Waals surface area contributed by atoms with Crippen LogP contribution in [0.5, 0.6) is 0 Å². The minimum absolute atomic E-state index is 0.108. The summed E-state index contributed by atoms with van der Waals surface area (Å²) in [5.74, 6) is 1.31. The number of piperidine rings is 1. The molecule has 0 aromatic carbocycles. The molecule has 1 amide bonds.